The normalized spacial score (nSPS) is 19.1. The van der Waals surface area contributed by atoms with Gasteiger partial charge in [0.25, 0.3) is 0 Å². The predicted octanol–water partition coefficient (Wildman–Crippen LogP) is 3.52. The number of thiazole rings is 1. The fourth-order valence-corrected chi connectivity index (χ4v) is 5.41. The number of fused-ring (bicyclic) bond motifs is 1. The number of aryl methyl sites for hydroxylation is 2. The largest absolute Gasteiger partial charge is 0.345 e. The summed E-state index contributed by atoms with van der Waals surface area (Å²) in [5.74, 6) is 0.0831. The molecular weight excluding hydrogens is 408 g/mol. The molecule has 8 heteroatoms. The number of nitrogens with one attached hydrogen (secondary N) is 1. The number of amides is 2. The van der Waals surface area contributed by atoms with E-state index in [4.69, 9.17) is 16.6 Å². The minimum Gasteiger partial charge on any atom is -0.345 e. The molecule has 0 bridgehead atoms. The van der Waals surface area contributed by atoms with Gasteiger partial charge in [-0.25, -0.2) is 4.98 Å². The summed E-state index contributed by atoms with van der Waals surface area (Å²) in [4.78, 5) is 34.5. The summed E-state index contributed by atoms with van der Waals surface area (Å²) in [6.45, 7) is 6.68. The summed E-state index contributed by atoms with van der Waals surface area (Å²) < 4.78 is 0. The van der Waals surface area contributed by atoms with E-state index in [2.05, 4.69) is 10.2 Å². The van der Waals surface area contributed by atoms with Crippen LogP contribution in [-0.2, 0) is 22.4 Å². The van der Waals surface area contributed by atoms with Crippen molar-refractivity contribution in [3.05, 3.63) is 39.4 Å². The summed E-state index contributed by atoms with van der Waals surface area (Å²) in [7, 11) is 0. The van der Waals surface area contributed by atoms with E-state index in [0.717, 1.165) is 61.8 Å². The second-order valence-electron chi connectivity index (χ2n) is 7.77. The van der Waals surface area contributed by atoms with E-state index >= 15 is 0 Å². The van der Waals surface area contributed by atoms with Gasteiger partial charge in [-0.05, 0) is 43.9 Å². The zero-order valence-electron chi connectivity index (χ0n) is 16.7. The molecule has 1 saturated heterocycles. The molecule has 1 aliphatic heterocycles. The second-order valence-corrected chi connectivity index (χ2v) is 9.24. The topological polar surface area (TPSA) is 65.5 Å². The molecular formula is C21H25ClN4O2S. The van der Waals surface area contributed by atoms with Crippen LogP contribution in [0.1, 0.15) is 29.5 Å². The summed E-state index contributed by atoms with van der Waals surface area (Å²) in [5, 5.41) is 4.57. The summed E-state index contributed by atoms with van der Waals surface area (Å²) in [6, 6.07) is 5.66. The first kappa shape index (κ1) is 20.2. The molecule has 2 aliphatic rings. The number of aromatic nitrogens is 1. The van der Waals surface area contributed by atoms with Gasteiger partial charge in [-0.2, -0.15) is 0 Å². The Morgan fingerprint density at radius 3 is 2.69 bits per heavy atom. The molecule has 1 unspecified atom stereocenters. The van der Waals surface area contributed by atoms with Gasteiger partial charge in [-0.15, -0.1) is 11.3 Å². The summed E-state index contributed by atoms with van der Waals surface area (Å²) in [6.07, 6.45) is 2.33. The molecule has 0 spiro atoms. The van der Waals surface area contributed by atoms with Crippen molar-refractivity contribution in [1.82, 2.24) is 9.88 Å². The van der Waals surface area contributed by atoms with E-state index in [-0.39, 0.29) is 17.7 Å². The van der Waals surface area contributed by atoms with Gasteiger partial charge in [-0.3, -0.25) is 9.59 Å². The van der Waals surface area contributed by atoms with E-state index in [1.54, 1.807) is 18.3 Å². The number of anilines is 2. The smallest absolute Gasteiger partial charge is 0.227 e. The Morgan fingerprint density at radius 2 is 2.00 bits per heavy atom. The van der Waals surface area contributed by atoms with Crippen LogP contribution >= 0.6 is 22.9 Å². The predicted molar refractivity (Wildman–Crippen MR) is 117 cm³/mol. The average Bonchev–Trinajstić information content (AvgIpc) is 3.13. The van der Waals surface area contributed by atoms with Crippen LogP contribution in [0.3, 0.4) is 0 Å². The average molecular weight is 433 g/mol. The lowest BCUT2D eigenvalue weighted by Gasteiger charge is -2.33. The van der Waals surface area contributed by atoms with Crippen LogP contribution in [0.25, 0.3) is 0 Å². The highest BCUT2D eigenvalue weighted by Crippen LogP contribution is 2.35. The Balaban J connectivity index is 1.40. The molecule has 2 aromatic rings. The third kappa shape index (κ3) is 4.41. The number of nitrogens with zero attached hydrogens (tertiary/aromatic N) is 3. The van der Waals surface area contributed by atoms with Gasteiger partial charge < -0.3 is 15.1 Å². The standard InChI is InChI=1S/C21H25ClN4O2S/c1-13-3-5-17(16(22)11-13)23-20(28)15-4-6-18-19(12-15)29-21(24-18)26-9-7-25(8-10-26)14(2)27/h3,5,11,15H,4,6-10,12H2,1-2H3,(H,23,28). The van der Waals surface area contributed by atoms with Crippen LogP contribution in [-0.4, -0.2) is 47.9 Å². The number of halogens is 1. The van der Waals surface area contributed by atoms with Crippen LogP contribution in [0.15, 0.2) is 18.2 Å². The first-order valence-corrected chi connectivity index (χ1v) is 11.2. The molecule has 1 aliphatic carbocycles. The number of piperazine rings is 1. The molecule has 1 aromatic carbocycles. The number of benzene rings is 1. The van der Waals surface area contributed by atoms with Gasteiger partial charge >= 0.3 is 0 Å². The highest BCUT2D eigenvalue weighted by molar-refractivity contribution is 7.15. The molecule has 0 saturated carbocycles. The first-order chi connectivity index (χ1) is 13.9. The molecule has 4 rings (SSSR count). The molecule has 29 heavy (non-hydrogen) atoms. The summed E-state index contributed by atoms with van der Waals surface area (Å²) >= 11 is 7.95. The maximum atomic E-state index is 12.8. The highest BCUT2D eigenvalue weighted by atomic mass is 35.5. The van der Waals surface area contributed by atoms with Crippen molar-refractivity contribution in [3.63, 3.8) is 0 Å². The van der Waals surface area contributed by atoms with Crippen molar-refractivity contribution < 1.29 is 9.59 Å². The van der Waals surface area contributed by atoms with Crippen molar-refractivity contribution in [2.45, 2.75) is 33.1 Å². The Kier molecular flexibility index (Phi) is 5.79. The van der Waals surface area contributed by atoms with E-state index in [1.165, 1.54) is 4.88 Å². The SMILES string of the molecule is CC(=O)N1CCN(c2nc3c(s2)CC(C(=O)Nc2ccc(C)cc2Cl)CC3)CC1. The van der Waals surface area contributed by atoms with Crippen LogP contribution in [0.5, 0.6) is 0 Å². The lowest BCUT2D eigenvalue weighted by atomic mass is 9.90. The Morgan fingerprint density at radius 1 is 1.24 bits per heavy atom. The molecule has 1 atom stereocenters. The van der Waals surface area contributed by atoms with Gasteiger partial charge in [0.15, 0.2) is 5.13 Å². The van der Waals surface area contributed by atoms with Crippen molar-refractivity contribution in [2.75, 3.05) is 36.4 Å². The zero-order valence-corrected chi connectivity index (χ0v) is 18.3. The van der Waals surface area contributed by atoms with Gasteiger partial charge in [0.1, 0.15) is 0 Å². The van der Waals surface area contributed by atoms with Crippen LogP contribution in [0.4, 0.5) is 10.8 Å². The number of carbonyl (C=O) groups is 2. The van der Waals surface area contributed by atoms with Crippen molar-refractivity contribution in [3.8, 4) is 0 Å². The third-order valence-electron chi connectivity index (χ3n) is 5.68. The fourth-order valence-electron chi connectivity index (χ4n) is 3.89. The zero-order chi connectivity index (χ0) is 20.5. The maximum absolute atomic E-state index is 12.8. The fraction of sp³-hybridized carbons (Fsp3) is 0.476. The minimum absolute atomic E-state index is 0.0198. The monoisotopic (exact) mass is 432 g/mol. The Hall–Kier alpha value is -2.12. The van der Waals surface area contributed by atoms with Crippen molar-refractivity contribution in [1.29, 1.82) is 0 Å². The second kappa shape index (κ2) is 8.32. The minimum atomic E-state index is -0.0669. The van der Waals surface area contributed by atoms with Crippen LogP contribution in [0, 0.1) is 12.8 Å². The quantitative estimate of drug-likeness (QED) is 0.805. The van der Waals surface area contributed by atoms with E-state index in [9.17, 15) is 9.59 Å². The number of hydrogen-bond donors (Lipinski definition) is 1. The molecule has 1 aromatic heterocycles. The van der Waals surface area contributed by atoms with E-state index in [0.29, 0.717) is 10.7 Å². The van der Waals surface area contributed by atoms with E-state index < -0.39 is 0 Å². The maximum Gasteiger partial charge on any atom is 0.227 e. The molecule has 1 N–H and O–H groups in total. The number of carbonyl (C=O) groups excluding carboxylic acids is 2. The number of rotatable bonds is 3. The molecule has 2 heterocycles. The molecule has 1 fully saturated rings. The Bertz CT molecular complexity index is 937. The first-order valence-electron chi connectivity index (χ1n) is 9.97. The van der Waals surface area contributed by atoms with Crippen molar-refractivity contribution in [2.24, 2.45) is 5.92 Å². The van der Waals surface area contributed by atoms with Gasteiger partial charge in [0.2, 0.25) is 11.8 Å². The molecule has 154 valence electrons. The molecule has 2 amide bonds. The van der Waals surface area contributed by atoms with Crippen LogP contribution < -0.4 is 10.2 Å². The highest BCUT2D eigenvalue weighted by Gasteiger charge is 2.29. The third-order valence-corrected chi connectivity index (χ3v) is 7.17. The van der Waals surface area contributed by atoms with Gasteiger partial charge in [-0.1, -0.05) is 17.7 Å². The number of hydrogen-bond acceptors (Lipinski definition) is 5. The van der Waals surface area contributed by atoms with Crippen molar-refractivity contribution >= 4 is 45.6 Å². The molecule has 6 nitrogen and oxygen atoms in total. The Labute approximate surface area is 179 Å². The van der Waals surface area contributed by atoms with Gasteiger partial charge in [0, 0.05) is 43.9 Å². The lowest BCUT2D eigenvalue weighted by molar-refractivity contribution is -0.129. The lowest BCUT2D eigenvalue weighted by Crippen LogP contribution is -2.48. The molecule has 0 radical (unpaired) electrons. The summed E-state index contributed by atoms with van der Waals surface area (Å²) in [5.41, 5.74) is 2.86. The van der Waals surface area contributed by atoms with Gasteiger partial charge in [0.05, 0.1) is 16.4 Å². The van der Waals surface area contributed by atoms with E-state index in [1.807, 2.05) is 30.0 Å². The van der Waals surface area contributed by atoms with Crippen LogP contribution in [0.2, 0.25) is 5.02 Å².